The van der Waals surface area contributed by atoms with Crippen molar-refractivity contribution in [3.63, 3.8) is 0 Å². The molecular formula is C13H17ClN2O2. The van der Waals surface area contributed by atoms with E-state index in [4.69, 9.17) is 16.1 Å². The second-order valence-electron chi connectivity index (χ2n) is 4.57. The molecule has 1 aromatic heterocycles. The minimum absolute atomic E-state index is 0.0620. The number of aryl methyl sites for hydroxylation is 1. The summed E-state index contributed by atoms with van der Waals surface area (Å²) in [4.78, 5) is 11.8. The van der Waals surface area contributed by atoms with Gasteiger partial charge in [0.15, 0.2) is 0 Å². The van der Waals surface area contributed by atoms with Crippen LogP contribution in [0.4, 0.5) is 0 Å². The van der Waals surface area contributed by atoms with Gasteiger partial charge in [-0.3, -0.25) is 4.79 Å². The van der Waals surface area contributed by atoms with Crippen LogP contribution in [0.2, 0.25) is 5.22 Å². The lowest BCUT2D eigenvalue weighted by atomic mass is 10.0. The third-order valence-corrected chi connectivity index (χ3v) is 3.47. The Kier molecular flexibility index (Phi) is 4.42. The van der Waals surface area contributed by atoms with Gasteiger partial charge >= 0.3 is 0 Å². The SMILES string of the molecule is Cc1noc(Cl)c1CCC(=O)NC1CC=CCC1. The van der Waals surface area contributed by atoms with Gasteiger partial charge < -0.3 is 9.84 Å². The van der Waals surface area contributed by atoms with Crippen molar-refractivity contribution >= 4 is 17.5 Å². The van der Waals surface area contributed by atoms with Crippen LogP contribution < -0.4 is 5.32 Å². The quantitative estimate of drug-likeness (QED) is 0.855. The molecule has 1 amide bonds. The fraction of sp³-hybridized carbons (Fsp3) is 0.538. The predicted octanol–water partition coefficient (Wildman–Crippen LogP) is 2.79. The molecule has 0 radical (unpaired) electrons. The average molecular weight is 269 g/mol. The molecule has 1 aliphatic carbocycles. The third-order valence-electron chi connectivity index (χ3n) is 3.17. The second-order valence-corrected chi connectivity index (χ2v) is 4.91. The first-order valence-corrected chi connectivity index (χ1v) is 6.59. The van der Waals surface area contributed by atoms with Gasteiger partial charge in [0.1, 0.15) is 0 Å². The van der Waals surface area contributed by atoms with Crippen molar-refractivity contribution in [2.75, 3.05) is 0 Å². The van der Waals surface area contributed by atoms with E-state index in [9.17, 15) is 4.79 Å². The van der Waals surface area contributed by atoms with Gasteiger partial charge in [-0.2, -0.15) is 0 Å². The van der Waals surface area contributed by atoms with E-state index in [-0.39, 0.29) is 11.9 Å². The largest absolute Gasteiger partial charge is 0.353 e. The first kappa shape index (κ1) is 13.1. The Hall–Kier alpha value is -1.29. The molecular weight excluding hydrogens is 252 g/mol. The van der Waals surface area contributed by atoms with E-state index in [0.29, 0.717) is 18.1 Å². The van der Waals surface area contributed by atoms with Crippen molar-refractivity contribution in [2.45, 2.75) is 45.1 Å². The molecule has 4 nitrogen and oxygen atoms in total. The maximum atomic E-state index is 11.8. The topological polar surface area (TPSA) is 55.1 Å². The summed E-state index contributed by atoms with van der Waals surface area (Å²) in [7, 11) is 0. The fourth-order valence-corrected chi connectivity index (χ4v) is 2.37. The van der Waals surface area contributed by atoms with E-state index in [1.165, 1.54) is 0 Å². The molecule has 5 heteroatoms. The average Bonchev–Trinajstić information content (AvgIpc) is 2.68. The Labute approximate surface area is 111 Å². The maximum absolute atomic E-state index is 11.8. The lowest BCUT2D eigenvalue weighted by Gasteiger charge is -2.19. The van der Waals surface area contributed by atoms with E-state index in [1.807, 2.05) is 6.92 Å². The molecule has 0 saturated heterocycles. The molecule has 1 unspecified atom stereocenters. The summed E-state index contributed by atoms with van der Waals surface area (Å²) < 4.78 is 4.85. The highest BCUT2D eigenvalue weighted by molar-refractivity contribution is 6.29. The number of carbonyl (C=O) groups excluding carboxylic acids is 1. The Morgan fingerprint density at radius 2 is 2.44 bits per heavy atom. The lowest BCUT2D eigenvalue weighted by Crippen LogP contribution is -2.35. The summed E-state index contributed by atoms with van der Waals surface area (Å²) in [5.41, 5.74) is 1.59. The van der Waals surface area contributed by atoms with E-state index in [1.54, 1.807) is 0 Å². The van der Waals surface area contributed by atoms with Gasteiger partial charge in [0, 0.05) is 18.0 Å². The number of carbonyl (C=O) groups is 1. The van der Waals surface area contributed by atoms with Gasteiger partial charge in [-0.1, -0.05) is 17.3 Å². The minimum atomic E-state index is 0.0620. The normalized spacial score (nSPS) is 18.9. The summed E-state index contributed by atoms with van der Waals surface area (Å²) in [5.74, 6) is 0.0620. The van der Waals surface area contributed by atoms with Gasteiger partial charge in [0.25, 0.3) is 0 Å². The minimum Gasteiger partial charge on any atom is -0.353 e. The summed E-state index contributed by atoms with van der Waals surface area (Å²) in [5, 5.41) is 7.09. The zero-order chi connectivity index (χ0) is 13.0. The molecule has 0 aromatic carbocycles. The predicted molar refractivity (Wildman–Crippen MR) is 69.5 cm³/mol. The van der Waals surface area contributed by atoms with Crippen molar-refractivity contribution < 1.29 is 9.32 Å². The molecule has 2 rings (SSSR count). The Morgan fingerprint density at radius 1 is 1.61 bits per heavy atom. The van der Waals surface area contributed by atoms with E-state index in [0.717, 1.165) is 30.5 Å². The number of halogens is 1. The molecule has 0 saturated carbocycles. The Bertz CT molecular complexity index is 434. The Balaban J connectivity index is 1.80. The summed E-state index contributed by atoms with van der Waals surface area (Å²) in [6.07, 6.45) is 8.26. The number of nitrogens with one attached hydrogen (secondary N) is 1. The summed E-state index contributed by atoms with van der Waals surface area (Å²) in [6.45, 7) is 1.83. The third kappa shape index (κ3) is 3.35. The molecule has 1 heterocycles. The molecule has 1 N–H and O–H groups in total. The first-order valence-electron chi connectivity index (χ1n) is 6.22. The fourth-order valence-electron chi connectivity index (χ4n) is 2.10. The van der Waals surface area contributed by atoms with Crippen LogP contribution in [0.25, 0.3) is 0 Å². The standard InChI is InChI=1S/C13H17ClN2O2/c1-9-11(13(14)18-16-9)7-8-12(17)15-10-5-3-2-4-6-10/h2-3,10H,4-8H2,1H3,(H,15,17). The molecule has 0 fully saturated rings. The second kappa shape index (κ2) is 6.05. The van der Waals surface area contributed by atoms with Crippen molar-refractivity contribution in [3.05, 3.63) is 28.6 Å². The van der Waals surface area contributed by atoms with Crippen LogP contribution >= 0.6 is 11.6 Å². The van der Waals surface area contributed by atoms with Crippen molar-refractivity contribution in [1.82, 2.24) is 10.5 Å². The molecule has 0 aliphatic heterocycles. The highest BCUT2D eigenvalue weighted by Crippen LogP contribution is 2.20. The van der Waals surface area contributed by atoms with Gasteiger partial charge in [0.2, 0.25) is 11.1 Å². The van der Waals surface area contributed by atoms with Gasteiger partial charge in [-0.05, 0) is 44.2 Å². The highest BCUT2D eigenvalue weighted by Gasteiger charge is 2.15. The smallest absolute Gasteiger partial charge is 0.229 e. The number of hydrogen-bond donors (Lipinski definition) is 1. The number of aromatic nitrogens is 1. The van der Waals surface area contributed by atoms with Crippen molar-refractivity contribution in [3.8, 4) is 0 Å². The molecule has 18 heavy (non-hydrogen) atoms. The lowest BCUT2D eigenvalue weighted by molar-refractivity contribution is -0.121. The summed E-state index contributed by atoms with van der Waals surface area (Å²) >= 11 is 5.85. The van der Waals surface area contributed by atoms with Crippen molar-refractivity contribution in [2.24, 2.45) is 0 Å². The van der Waals surface area contributed by atoms with Crippen LogP contribution in [0.1, 0.15) is 36.9 Å². The number of nitrogens with zero attached hydrogens (tertiary/aromatic N) is 1. The van der Waals surface area contributed by atoms with Crippen LogP contribution in [0.3, 0.4) is 0 Å². The maximum Gasteiger partial charge on any atom is 0.229 e. The van der Waals surface area contributed by atoms with Crippen LogP contribution in [0.15, 0.2) is 16.7 Å². The van der Waals surface area contributed by atoms with Crippen LogP contribution in [0.5, 0.6) is 0 Å². The molecule has 0 bridgehead atoms. The van der Waals surface area contributed by atoms with Gasteiger partial charge in [-0.25, -0.2) is 0 Å². The number of allylic oxidation sites excluding steroid dienone is 1. The molecule has 1 atom stereocenters. The van der Waals surface area contributed by atoms with E-state index < -0.39 is 0 Å². The van der Waals surface area contributed by atoms with Gasteiger partial charge in [-0.15, -0.1) is 0 Å². The number of amides is 1. The highest BCUT2D eigenvalue weighted by atomic mass is 35.5. The van der Waals surface area contributed by atoms with Crippen LogP contribution in [-0.2, 0) is 11.2 Å². The zero-order valence-electron chi connectivity index (χ0n) is 10.4. The van der Waals surface area contributed by atoms with Crippen molar-refractivity contribution in [1.29, 1.82) is 0 Å². The molecule has 0 spiro atoms. The number of hydrogen-bond acceptors (Lipinski definition) is 3. The van der Waals surface area contributed by atoms with Crippen LogP contribution in [-0.4, -0.2) is 17.1 Å². The van der Waals surface area contributed by atoms with E-state index >= 15 is 0 Å². The van der Waals surface area contributed by atoms with Crippen LogP contribution in [0, 0.1) is 6.92 Å². The molecule has 1 aliphatic rings. The molecule has 1 aromatic rings. The Morgan fingerprint density at radius 3 is 3.06 bits per heavy atom. The first-order chi connectivity index (χ1) is 8.66. The zero-order valence-corrected chi connectivity index (χ0v) is 11.2. The summed E-state index contributed by atoms with van der Waals surface area (Å²) in [6, 6.07) is 0.279. The monoisotopic (exact) mass is 268 g/mol. The number of rotatable bonds is 4. The van der Waals surface area contributed by atoms with E-state index in [2.05, 4.69) is 22.6 Å². The van der Waals surface area contributed by atoms with Gasteiger partial charge in [0.05, 0.1) is 5.69 Å². The molecule has 98 valence electrons.